The fraction of sp³-hybridized carbons (Fsp3) is 0.524. The Bertz CT molecular complexity index is 731. The van der Waals surface area contributed by atoms with Crippen molar-refractivity contribution in [2.75, 3.05) is 0 Å². The fourth-order valence-corrected chi connectivity index (χ4v) is 2.49. The molecule has 2 rings (SSSR count). The molecule has 1 unspecified atom stereocenters. The molecule has 9 nitrogen and oxygen atoms in total. The summed E-state index contributed by atoms with van der Waals surface area (Å²) in [5, 5.41) is 13.9. The third kappa shape index (κ3) is 11.3. The van der Waals surface area contributed by atoms with Gasteiger partial charge in [0, 0.05) is 12.5 Å². The van der Waals surface area contributed by atoms with Crippen LogP contribution in [0.25, 0.3) is 5.73 Å². The number of amides is 3. The molecule has 1 fully saturated rings. The maximum absolute atomic E-state index is 11.7. The number of epoxide rings is 1. The van der Waals surface area contributed by atoms with Gasteiger partial charge < -0.3 is 31.0 Å². The van der Waals surface area contributed by atoms with Crippen molar-refractivity contribution < 1.29 is 58.6 Å². The minimum absolute atomic E-state index is 0. The van der Waals surface area contributed by atoms with Gasteiger partial charge in [-0.3, -0.25) is 9.59 Å². The standard InChI is InChI=1S/C13H14N2O5.C8H17NO.Na/c14-11(16)8(6-7-4-2-1-3-5-7)15-12(17)9-10(20-9)13(18)19;1-4-6-8(10)9-7(3)5-2;/h1-5,8-10H,6H2,(H4,14,15,16,17,18,19);7H,4-6H2,1-3H3,(H,9,10);/q;;+1/p-1/t8-,9-,10-;;/m0../s1. The Morgan fingerprint density at radius 2 is 1.71 bits per heavy atom. The smallest absolute Gasteiger partial charge is 0.666 e. The van der Waals surface area contributed by atoms with Crippen molar-refractivity contribution in [1.82, 2.24) is 10.6 Å². The molecule has 1 saturated heterocycles. The van der Waals surface area contributed by atoms with Crippen LogP contribution in [-0.2, 0) is 30.3 Å². The largest absolute Gasteiger partial charge is 1.00 e. The summed E-state index contributed by atoms with van der Waals surface area (Å²) in [6.07, 6.45) is 0.542. The number of hydrogen-bond acceptors (Lipinski definition) is 5. The second-order valence-corrected chi connectivity index (χ2v) is 7.06. The molecule has 0 aromatic heterocycles. The van der Waals surface area contributed by atoms with Crippen LogP contribution < -0.4 is 40.2 Å². The number of carboxylic acid groups (broad SMARTS) is 1. The van der Waals surface area contributed by atoms with E-state index in [9.17, 15) is 19.2 Å². The minimum atomic E-state index is -1.22. The summed E-state index contributed by atoms with van der Waals surface area (Å²) in [7, 11) is 0. The Labute approximate surface area is 204 Å². The topological polar surface area (TPSA) is 149 Å². The summed E-state index contributed by atoms with van der Waals surface area (Å²) in [4.78, 5) is 44.4. The molecule has 10 heteroatoms. The van der Waals surface area contributed by atoms with Gasteiger partial charge in [0.1, 0.15) is 0 Å². The van der Waals surface area contributed by atoms with Crippen molar-refractivity contribution in [3.8, 4) is 0 Å². The molecule has 1 aromatic carbocycles. The van der Waals surface area contributed by atoms with E-state index in [2.05, 4.69) is 22.3 Å². The zero-order chi connectivity index (χ0) is 22.7. The van der Waals surface area contributed by atoms with Gasteiger partial charge in [-0.05, 0) is 31.7 Å². The van der Waals surface area contributed by atoms with Crippen molar-refractivity contribution >= 4 is 23.7 Å². The van der Waals surface area contributed by atoms with Gasteiger partial charge in [-0.25, -0.2) is 4.79 Å². The Morgan fingerprint density at radius 3 is 2.16 bits per heavy atom. The Balaban J connectivity index is 0.000000701. The molecule has 1 aliphatic rings. The number of aliphatic carboxylic acids is 1. The zero-order valence-corrected chi connectivity index (χ0v) is 20.5. The van der Waals surface area contributed by atoms with E-state index < -0.39 is 36.0 Å². The van der Waals surface area contributed by atoms with E-state index >= 15 is 0 Å². The van der Waals surface area contributed by atoms with Crippen LogP contribution in [0.4, 0.5) is 0 Å². The Hall–Kier alpha value is -1.94. The third-order valence-corrected chi connectivity index (χ3v) is 4.41. The van der Waals surface area contributed by atoms with Gasteiger partial charge in [0.15, 0.2) is 12.2 Å². The monoisotopic (exact) mass is 443 g/mol. The normalized spacial score (nSPS) is 18.2. The summed E-state index contributed by atoms with van der Waals surface area (Å²) < 4.78 is 4.69. The van der Waals surface area contributed by atoms with E-state index in [1.165, 1.54) is 0 Å². The number of hydrogen-bond donors (Lipinski definition) is 3. The molecular formula is C21H30N3NaO6. The maximum atomic E-state index is 11.7. The Morgan fingerprint density at radius 1 is 1.10 bits per heavy atom. The van der Waals surface area contributed by atoms with Crippen LogP contribution in [0.15, 0.2) is 30.3 Å². The van der Waals surface area contributed by atoms with Crippen LogP contribution in [0.2, 0.25) is 0 Å². The van der Waals surface area contributed by atoms with Crippen molar-refractivity contribution in [2.24, 2.45) is 0 Å². The summed E-state index contributed by atoms with van der Waals surface area (Å²) in [5.74, 6) is -2.66. The third-order valence-electron chi connectivity index (χ3n) is 4.41. The quantitative estimate of drug-likeness (QED) is 0.307. The summed E-state index contributed by atoms with van der Waals surface area (Å²) >= 11 is 0. The average molecular weight is 443 g/mol. The first kappa shape index (κ1) is 29.1. The van der Waals surface area contributed by atoms with Crippen molar-refractivity contribution in [3.05, 3.63) is 41.6 Å². The van der Waals surface area contributed by atoms with Gasteiger partial charge in [-0.2, -0.15) is 0 Å². The molecule has 1 aromatic rings. The number of benzene rings is 1. The molecule has 0 saturated carbocycles. The van der Waals surface area contributed by atoms with Crippen LogP contribution in [0.1, 0.15) is 45.6 Å². The SMILES string of the molecule is CCCC(=O)NC(C)CC.[NH-]C(=O)[C@H](Cc1ccccc1)NC(=O)[C@H]1O[C@@H]1C(=O)O.[Na+]. The zero-order valence-electron chi connectivity index (χ0n) is 18.5. The summed E-state index contributed by atoms with van der Waals surface area (Å²) in [6.45, 7) is 6.10. The molecule has 0 bridgehead atoms. The summed E-state index contributed by atoms with van der Waals surface area (Å²) in [5.41, 5.74) is 7.96. The van der Waals surface area contributed by atoms with E-state index in [0.29, 0.717) is 12.5 Å². The predicted molar refractivity (Wildman–Crippen MR) is 111 cm³/mol. The van der Waals surface area contributed by atoms with Crippen LogP contribution in [0.3, 0.4) is 0 Å². The fourth-order valence-electron chi connectivity index (χ4n) is 2.49. The molecule has 4 N–H and O–H groups in total. The van der Waals surface area contributed by atoms with Crippen LogP contribution in [0.5, 0.6) is 0 Å². The first-order chi connectivity index (χ1) is 14.2. The van der Waals surface area contributed by atoms with Crippen LogP contribution in [-0.4, -0.2) is 53.1 Å². The number of carbonyl (C=O) groups excluding carboxylic acids is 3. The molecule has 0 aliphatic carbocycles. The molecule has 0 radical (unpaired) electrons. The number of carbonyl (C=O) groups is 4. The van der Waals surface area contributed by atoms with Gasteiger partial charge in [0.2, 0.25) is 5.91 Å². The van der Waals surface area contributed by atoms with Crippen molar-refractivity contribution in [1.29, 1.82) is 0 Å². The van der Waals surface area contributed by atoms with E-state index in [1.807, 2.05) is 19.9 Å². The molecule has 166 valence electrons. The molecule has 1 heterocycles. The predicted octanol–water partition coefficient (Wildman–Crippen LogP) is -1.15. The van der Waals surface area contributed by atoms with Gasteiger partial charge in [-0.1, -0.05) is 44.2 Å². The number of rotatable bonds is 10. The van der Waals surface area contributed by atoms with Crippen molar-refractivity contribution in [3.63, 3.8) is 0 Å². The molecular weight excluding hydrogens is 413 g/mol. The van der Waals surface area contributed by atoms with Gasteiger partial charge in [-0.15, -0.1) is 0 Å². The van der Waals surface area contributed by atoms with E-state index in [4.69, 9.17) is 10.8 Å². The molecule has 3 amide bonds. The molecule has 0 spiro atoms. The first-order valence-electron chi connectivity index (χ1n) is 9.96. The first-order valence-corrected chi connectivity index (χ1v) is 9.96. The Kier molecular flexibility index (Phi) is 14.0. The maximum Gasteiger partial charge on any atom is 1.00 e. The number of ether oxygens (including phenoxy) is 1. The average Bonchev–Trinajstić information content (AvgIpc) is 3.50. The molecule has 31 heavy (non-hydrogen) atoms. The molecule has 4 atom stereocenters. The number of carboxylic acids is 1. The van der Waals surface area contributed by atoms with E-state index in [0.717, 1.165) is 18.4 Å². The molecule has 1 aliphatic heterocycles. The minimum Gasteiger partial charge on any atom is -0.666 e. The second-order valence-electron chi connectivity index (χ2n) is 7.06. The van der Waals surface area contributed by atoms with Gasteiger partial charge in [0.05, 0.1) is 11.9 Å². The van der Waals surface area contributed by atoms with Gasteiger partial charge >= 0.3 is 35.5 Å². The van der Waals surface area contributed by atoms with E-state index in [-0.39, 0.29) is 41.9 Å². The van der Waals surface area contributed by atoms with Crippen molar-refractivity contribution in [2.45, 2.75) is 70.7 Å². The second kappa shape index (κ2) is 15.0. The summed E-state index contributed by atoms with van der Waals surface area (Å²) in [6, 6.07) is 8.25. The van der Waals surface area contributed by atoms with Crippen LogP contribution >= 0.6 is 0 Å². The van der Waals surface area contributed by atoms with E-state index in [1.54, 1.807) is 24.3 Å². The van der Waals surface area contributed by atoms with Gasteiger partial charge in [0.25, 0.3) is 5.91 Å². The number of nitrogens with one attached hydrogen (secondary N) is 3. The van der Waals surface area contributed by atoms with Crippen LogP contribution in [0, 0.1) is 0 Å².